The van der Waals surface area contributed by atoms with Crippen LogP contribution in [-0.4, -0.2) is 123 Å². The zero-order valence-corrected chi connectivity index (χ0v) is 28.5. The molecule has 0 unspecified atom stereocenters. The highest BCUT2D eigenvalue weighted by molar-refractivity contribution is 6.03. The Morgan fingerprint density at radius 3 is 2.33 bits per heavy atom. The van der Waals surface area contributed by atoms with E-state index in [4.69, 9.17) is 0 Å². The van der Waals surface area contributed by atoms with Crippen LogP contribution in [0.3, 0.4) is 0 Å². The normalized spacial score (nSPS) is 18.4. The third kappa shape index (κ3) is 7.16. The van der Waals surface area contributed by atoms with Gasteiger partial charge in [0.25, 0.3) is 5.91 Å². The second-order valence-electron chi connectivity index (χ2n) is 13.9. The van der Waals surface area contributed by atoms with Gasteiger partial charge in [-0.25, -0.2) is 9.37 Å². The fraction of sp³-hybridized carbons (Fsp3) is 0.611. The van der Waals surface area contributed by atoms with Crippen LogP contribution in [-0.2, 0) is 5.60 Å². The minimum Gasteiger partial charge on any atom is -0.395 e. The Balaban J connectivity index is 1.36. The Morgan fingerprint density at radius 1 is 1.04 bits per heavy atom. The van der Waals surface area contributed by atoms with Crippen molar-refractivity contribution in [3.05, 3.63) is 59.4 Å². The summed E-state index contributed by atoms with van der Waals surface area (Å²) in [6, 6.07) is 6.71. The number of imidazole rings is 1. The smallest absolute Gasteiger partial charge is 0.254 e. The van der Waals surface area contributed by atoms with Crippen molar-refractivity contribution in [2.45, 2.75) is 72.1 Å². The third-order valence-electron chi connectivity index (χ3n) is 10.1. The lowest BCUT2D eigenvalue weighted by Gasteiger charge is -2.51. The van der Waals surface area contributed by atoms with Gasteiger partial charge in [-0.2, -0.15) is 0 Å². The van der Waals surface area contributed by atoms with Crippen LogP contribution in [0.25, 0.3) is 16.6 Å². The Bertz CT molecular complexity index is 1490. The highest BCUT2D eigenvalue weighted by Gasteiger charge is 2.46. The number of fused-ring (bicyclic) bond motifs is 1. The SMILES string of the molecule is CCN(C(=O)c1cc(F)ccc1-c1cc(C2(O)CN([C@H](CCCN3CCN(CCO)CC3)C(C)C)C2)cn2c(C)ncc12)C(C)C. The molecule has 0 aliphatic carbocycles. The number of β-amino-alcohol motifs (C(OH)–C–C–N with tert-alkyl or cyclic N) is 2. The zero-order chi connectivity index (χ0) is 33.2. The van der Waals surface area contributed by atoms with Crippen molar-refractivity contribution in [2.75, 3.05) is 65.5 Å². The monoisotopic (exact) mass is 636 g/mol. The molecule has 1 atom stereocenters. The maximum atomic E-state index is 14.6. The molecule has 252 valence electrons. The summed E-state index contributed by atoms with van der Waals surface area (Å²) in [5.74, 6) is 0.561. The van der Waals surface area contributed by atoms with E-state index < -0.39 is 11.4 Å². The molecule has 3 aromatic rings. The van der Waals surface area contributed by atoms with E-state index in [2.05, 4.69) is 33.5 Å². The van der Waals surface area contributed by atoms with E-state index >= 15 is 0 Å². The second-order valence-corrected chi connectivity index (χ2v) is 13.9. The summed E-state index contributed by atoms with van der Waals surface area (Å²) in [5.41, 5.74) is 2.24. The summed E-state index contributed by atoms with van der Waals surface area (Å²) in [7, 11) is 0. The number of aryl methyl sites for hydroxylation is 1. The molecule has 10 heteroatoms. The number of likely N-dealkylation sites (tertiary alicyclic amines) is 1. The zero-order valence-electron chi connectivity index (χ0n) is 28.5. The van der Waals surface area contributed by atoms with Gasteiger partial charge in [-0.3, -0.25) is 14.6 Å². The maximum absolute atomic E-state index is 14.6. The summed E-state index contributed by atoms with van der Waals surface area (Å²) in [6.07, 6.45) is 5.93. The highest BCUT2D eigenvalue weighted by atomic mass is 19.1. The van der Waals surface area contributed by atoms with Crippen LogP contribution in [0.2, 0.25) is 0 Å². The maximum Gasteiger partial charge on any atom is 0.254 e. The third-order valence-corrected chi connectivity index (χ3v) is 10.1. The Kier molecular flexibility index (Phi) is 10.8. The first-order chi connectivity index (χ1) is 21.9. The van der Waals surface area contributed by atoms with Crippen molar-refractivity contribution in [2.24, 2.45) is 5.92 Å². The summed E-state index contributed by atoms with van der Waals surface area (Å²) in [5, 5.41) is 21.2. The van der Waals surface area contributed by atoms with Gasteiger partial charge in [0, 0.05) is 81.8 Å². The molecule has 5 rings (SSSR count). The molecule has 9 nitrogen and oxygen atoms in total. The number of halogens is 1. The van der Waals surface area contributed by atoms with E-state index in [1.54, 1.807) is 17.2 Å². The molecule has 0 bridgehead atoms. The number of aliphatic hydroxyl groups is 2. The van der Waals surface area contributed by atoms with E-state index in [9.17, 15) is 19.4 Å². The standard InChI is InChI=1S/C36H53FN6O3/c1-7-42(26(4)5)35(45)32-20-29(37)10-11-30(32)31-19-28(22-43-27(6)38-21-34(31)43)36(46)23-41(24-36)33(25(2)3)9-8-12-39-13-15-40(16-14-39)17-18-44/h10-11,19-22,25-26,33,44,46H,7-9,12-18,23-24H2,1-6H3/t33-/m1/s1. The number of rotatable bonds is 13. The minimum absolute atomic E-state index is 0.0326. The average Bonchev–Trinajstić information content (AvgIpc) is 3.39. The predicted molar refractivity (Wildman–Crippen MR) is 180 cm³/mol. The van der Waals surface area contributed by atoms with E-state index in [1.165, 1.54) is 12.1 Å². The number of benzene rings is 1. The number of carbonyl (C=O) groups excluding carboxylic acids is 1. The predicted octanol–water partition coefficient (Wildman–Crippen LogP) is 4.24. The van der Waals surface area contributed by atoms with Gasteiger partial charge in [0.1, 0.15) is 17.2 Å². The van der Waals surface area contributed by atoms with Gasteiger partial charge in [0.05, 0.1) is 23.9 Å². The number of pyridine rings is 1. The Hall–Kier alpha value is -2.89. The second kappa shape index (κ2) is 14.5. The van der Waals surface area contributed by atoms with E-state index in [0.717, 1.165) is 74.6 Å². The number of piperazine rings is 1. The van der Waals surface area contributed by atoms with E-state index in [-0.39, 0.29) is 18.6 Å². The fourth-order valence-electron chi connectivity index (χ4n) is 7.40. The van der Waals surface area contributed by atoms with E-state index in [0.29, 0.717) is 42.7 Å². The van der Waals surface area contributed by atoms with Crippen LogP contribution in [0.15, 0.2) is 36.7 Å². The molecule has 2 N–H and O–H groups in total. The van der Waals surface area contributed by atoms with Crippen molar-refractivity contribution in [1.29, 1.82) is 0 Å². The Morgan fingerprint density at radius 2 is 1.72 bits per heavy atom. The molecule has 1 amide bonds. The number of aliphatic hydroxyl groups excluding tert-OH is 1. The van der Waals surface area contributed by atoms with Crippen molar-refractivity contribution < 1.29 is 19.4 Å². The van der Waals surface area contributed by atoms with Gasteiger partial charge in [-0.05, 0) is 76.8 Å². The number of nitrogens with zero attached hydrogens (tertiary/aromatic N) is 6. The Labute approximate surface area is 273 Å². The van der Waals surface area contributed by atoms with Crippen LogP contribution < -0.4 is 0 Å². The van der Waals surface area contributed by atoms with Gasteiger partial charge in [0.15, 0.2) is 0 Å². The lowest BCUT2D eigenvalue weighted by Crippen LogP contribution is -2.63. The van der Waals surface area contributed by atoms with Crippen LogP contribution >= 0.6 is 0 Å². The molecule has 2 fully saturated rings. The quantitative estimate of drug-likeness (QED) is 0.290. The number of hydrogen-bond donors (Lipinski definition) is 2. The molecule has 2 aromatic heterocycles. The highest BCUT2D eigenvalue weighted by Crippen LogP contribution is 2.39. The van der Waals surface area contributed by atoms with Crippen molar-refractivity contribution in [3.63, 3.8) is 0 Å². The van der Waals surface area contributed by atoms with E-state index in [1.807, 2.05) is 44.4 Å². The molecular formula is C36H53FN6O3. The number of carbonyl (C=O) groups is 1. The minimum atomic E-state index is -1.05. The lowest BCUT2D eigenvalue weighted by molar-refractivity contribution is -0.129. The fourth-order valence-corrected chi connectivity index (χ4v) is 7.40. The molecular weight excluding hydrogens is 583 g/mol. The average molecular weight is 637 g/mol. The first kappa shape index (κ1) is 34.4. The molecule has 0 radical (unpaired) electrons. The first-order valence-corrected chi connectivity index (χ1v) is 17.1. The summed E-state index contributed by atoms with van der Waals surface area (Å²) < 4.78 is 16.6. The molecule has 1 aromatic carbocycles. The number of amides is 1. The summed E-state index contributed by atoms with van der Waals surface area (Å²) in [6.45, 7) is 20.0. The van der Waals surface area contributed by atoms with Crippen LogP contribution in [0.4, 0.5) is 4.39 Å². The largest absolute Gasteiger partial charge is 0.395 e. The topological polar surface area (TPSA) is 87.8 Å². The molecule has 2 aliphatic heterocycles. The molecule has 2 aliphatic rings. The van der Waals surface area contributed by atoms with Crippen LogP contribution in [0.1, 0.15) is 69.2 Å². The van der Waals surface area contributed by atoms with Gasteiger partial charge in [0.2, 0.25) is 0 Å². The van der Waals surface area contributed by atoms with Crippen molar-refractivity contribution in [3.8, 4) is 11.1 Å². The molecule has 2 saturated heterocycles. The van der Waals surface area contributed by atoms with Gasteiger partial charge < -0.3 is 24.4 Å². The molecule has 46 heavy (non-hydrogen) atoms. The summed E-state index contributed by atoms with van der Waals surface area (Å²) >= 11 is 0. The lowest BCUT2D eigenvalue weighted by atomic mass is 9.82. The van der Waals surface area contributed by atoms with Gasteiger partial charge in [-0.15, -0.1) is 0 Å². The van der Waals surface area contributed by atoms with Gasteiger partial charge in [-0.1, -0.05) is 19.9 Å². The summed E-state index contributed by atoms with van der Waals surface area (Å²) in [4.78, 5) is 27.3. The van der Waals surface area contributed by atoms with Gasteiger partial charge >= 0.3 is 0 Å². The molecule has 0 saturated carbocycles. The molecule has 4 heterocycles. The number of hydrogen-bond acceptors (Lipinski definition) is 7. The number of aromatic nitrogens is 2. The first-order valence-electron chi connectivity index (χ1n) is 17.1. The van der Waals surface area contributed by atoms with Crippen LogP contribution in [0, 0.1) is 18.7 Å². The molecule has 0 spiro atoms. The van der Waals surface area contributed by atoms with Crippen molar-refractivity contribution in [1.82, 2.24) is 29.0 Å². The van der Waals surface area contributed by atoms with Crippen molar-refractivity contribution >= 4 is 11.4 Å². The van der Waals surface area contributed by atoms with Crippen LogP contribution in [0.5, 0.6) is 0 Å².